The van der Waals surface area contributed by atoms with E-state index in [0.717, 1.165) is 4.90 Å². The third-order valence-corrected chi connectivity index (χ3v) is 4.83. The number of esters is 1. The van der Waals surface area contributed by atoms with Crippen LogP contribution in [0, 0.1) is 11.8 Å². The zero-order valence-electron chi connectivity index (χ0n) is 13.6. The molecule has 1 aromatic carbocycles. The summed E-state index contributed by atoms with van der Waals surface area (Å²) in [6.45, 7) is 0. The Morgan fingerprint density at radius 2 is 1.81 bits per heavy atom. The van der Waals surface area contributed by atoms with E-state index >= 15 is 0 Å². The fourth-order valence-corrected chi connectivity index (χ4v) is 3.50. The summed E-state index contributed by atoms with van der Waals surface area (Å²) in [4.78, 5) is 38.9. The topological polar surface area (TPSA) is 76.8 Å². The van der Waals surface area contributed by atoms with Crippen molar-refractivity contribution >= 4 is 35.1 Å². The molecule has 0 saturated carbocycles. The summed E-state index contributed by atoms with van der Waals surface area (Å²) in [6, 6.07) is 7.45. The lowest BCUT2D eigenvalue weighted by atomic mass is 9.85. The van der Waals surface area contributed by atoms with Crippen LogP contribution in [0.25, 0.3) is 0 Å². The van der Waals surface area contributed by atoms with Gasteiger partial charge in [-0.1, -0.05) is 23.8 Å². The Hall–Kier alpha value is -2.86. The number of fused-ring (bicyclic) bond motifs is 1. The Morgan fingerprint density at radius 1 is 1.12 bits per heavy atom. The van der Waals surface area contributed by atoms with Crippen molar-refractivity contribution in [1.82, 2.24) is 0 Å². The van der Waals surface area contributed by atoms with Crippen LogP contribution in [0.15, 0.2) is 53.2 Å². The summed E-state index contributed by atoms with van der Waals surface area (Å²) >= 11 is 6.06. The van der Waals surface area contributed by atoms with Crippen LogP contribution in [0.4, 0.5) is 5.69 Å². The number of benzene rings is 1. The fraction of sp³-hybridized carbons (Fsp3) is 0.211. The molecule has 0 bridgehead atoms. The van der Waals surface area contributed by atoms with Crippen molar-refractivity contribution in [1.29, 1.82) is 0 Å². The Morgan fingerprint density at radius 3 is 2.42 bits per heavy atom. The van der Waals surface area contributed by atoms with Crippen molar-refractivity contribution in [3.63, 3.8) is 0 Å². The molecule has 1 aliphatic carbocycles. The number of allylic oxidation sites excluding steroid dienone is 2. The monoisotopic (exact) mass is 371 g/mol. The maximum Gasteiger partial charge on any atom is 0.379 e. The summed E-state index contributed by atoms with van der Waals surface area (Å²) in [6.07, 6.45) is 6.21. The Bertz CT molecular complexity index is 892. The lowest BCUT2D eigenvalue weighted by Crippen LogP contribution is -2.31. The molecular formula is C19H14ClNO5. The number of furan rings is 1. The summed E-state index contributed by atoms with van der Waals surface area (Å²) < 4.78 is 10.4. The van der Waals surface area contributed by atoms with E-state index in [-0.39, 0.29) is 40.8 Å². The highest BCUT2D eigenvalue weighted by molar-refractivity contribution is 6.31. The van der Waals surface area contributed by atoms with Crippen LogP contribution in [-0.4, -0.2) is 17.8 Å². The highest BCUT2D eigenvalue weighted by atomic mass is 35.5. The van der Waals surface area contributed by atoms with Crippen LogP contribution < -0.4 is 9.64 Å². The molecule has 2 heterocycles. The van der Waals surface area contributed by atoms with Gasteiger partial charge in [0.1, 0.15) is 0 Å². The number of nitrogens with zero attached hydrogens (tertiary/aromatic N) is 1. The van der Waals surface area contributed by atoms with E-state index < -0.39 is 5.97 Å². The van der Waals surface area contributed by atoms with E-state index in [1.165, 1.54) is 30.5 Å². The van der Waals surface area contributed by atoms with Crippen molar-refractivity contribution in [2.75, 3.05) is 4.90 Å². The van der Waals surface area contributed by atoms with E-state index in [2.05, 4.69) is 0 Å². The van der Waals surface area contributed by atoms with Gasteiger partial charge in [0.25, 0.3) is 0 Å². The van der Waals surface area contributed by atoms with E-state index in [1.54, 1.807) is 6.07 Å². The van der Waals surface area contributed by atoms with Gasteiger partial charge in [-0.05, 0) is 43.2 Å². The standard InChI is InChI=1S/C19H14ClNO5/c20-11-7-8-15(26-19(24)16-6-3-9-25-16)14(10-11)21-17(22)12-4-1-2-5-13(12)18(21)23/h1-3,6-10,12-13H,4-5H2. The second-order valence-corrected chi connectivity index (χ2v) is 6.58. The number of anilines is 1. The molecule has 1 fully saturated rings. The minimum absolute atomic E-state index is 0.0165. The van der Waals surface area contributed by atoms with Crippen LogP contribution in [0.2, 0.25) is 5.02 Å². The Balaban J connectivity index is 1.70. The van der Waals surface area contributed by atoms with Gasteiger partial charge in [0.2, 0.25) is 17.6 Å². The molecule has 2 amide bonds. The normalized spacial score (nSPS) is 21.8. The molecule has 0 N–H and O–H groups in total. The van der Waals surface area contributed by atoms with Gasteiger partial charge in [0, 0.05) is 5.02 Å². The van der Waals surface area contributed by atoms with Gasteiger partial charge in [-0.25, -0.2) is 9.69 Å². The fourth-order valence-electron chi connectivity index (χ4n) is 3.33. The number of carbonyl (C=O) groups is 3. The van der Waals surface area contributed by atoms with Crippen molar-refractivity contribution in [2.45, 2.75) is 12.8 Å². The molecule has 7 heteroatoms. The van der Waals surface area contributed by atoms with Gasteiger partial charge in [-0.2, -0.15) is 0 Å². The molecule has 132 valence electrons. The molecule has 6 nitrogen and oxygen atoms in total. The minimum atomic E-state index is -0.725. The van der Waals surface area contributed by atoms with Crippen molar-refractivity contribution < 1.29 is 23.5 Å². The lowest BCUT2D eigenvalue weighted by Gasteiger charge is -2.18. The zero-order valence-corrected chi connectivity index (χ0v) is 14.3. The number of hydrogen-bond donors (Lipinski definition) is 0. The second kappa shape index (κ2) is 6.46. The van der Waals surface area contributed by atoms with Gasteiger partial charge in [0.15, 0.2) is 5.75 Å². The Kier molecular flexibility index (Phi) is 4.12. The number of rotatable bonds is 3. The number of amides is 2. The van der Waals surface area contributed by atoms with E-state index in [4.69, 9.17) is 20.8 Å². The van der Waals surface area contributed by atoms with Crippen molar-refractivity contribution in [3.8, 4) is 5.75 Å². The van der Waals surface area contributed by atoms with Gasteiger partial charge in [0.05, 0.1) is 23.8 Å². The van der Waals surface area contributed by atoms with E-state index in [1.807, 2.05) is 12.2 Å². The number of hydrogen-bond acceptors (Lipinski definition) is 5. The first-order valence-electron chi connectivity index (χ1n) is 8.14. The number of ether oxygens (including phenoxy) is 1. The molecule has 1 aromatic heterocycles. The summed E-state index contributed by atoms with van der Waals surface area (Å²) in [5.41, 5.74) is 0.168. The molecule has 1 aliphatic heterocycles. The van der Waals surface area contributed by atoms with Crippen LogP contribution in [0.1, 0.15) is 23.4 Å². The smallest absolute Gasteiger partial charge is 0.379 e. The number of halogens is 1. The van der Waals surface area contributed by atoms with E-state index in [0.29, 0.717) is 17.9 Å². The van der Waals surface area contributed by atoms with Gasteiger partial charge in [-0.3, -0.25) is 9.59 Å². The second-order valence-electron chi connectivity index (χ2n) is 6.15. The van der Waals surface area contributed by atoms with Gasteiger partial charge in [-0.15, -0.1) is 0 Å². The molecule has 1 saturated heterocycles. The highest BCUT2D eigenvalue weighted by Gasteiger charge is 2.48. The average Bonchev–Trinajstić information content (AvgIpc) is 3.25. The predicted molar refractivity (Wildman–Crippen MR) is 93.0 cm³/mol. The Labute approximate surface area is 154 Å². The molecule has 0 radical (unpaired) electrons. The van der Waals surface area contributed by atoms with Gasteiger partial charge < -0.3 is 9.15 Å². The largest absolute Gasteiger partial charge is 0.457 e. The predicted octanol–water partition coefficient (Wildman–Crippen LogP) is 3.61. The summed E-state index contributed by atoms with van der Waals surface area (Å²) in [7, 11) is 0. The molecule has 26 heavy (non-hydrogen) atoms. The maximum absolute atomic E-state index is 12.8. The molecule has 2 aromatic rings. The SMILES string of the molecule is O=C(Oc1ccc(Cl)cc1N1C(=O)C2CC=CCC2C1=O)c1ccco1. The van der Waals surface area contributed by atoms with Crippen LogP contribution >= 0.6 is 11.6 Å². The van der Waals surface area contributed by atoms with E-state index in [9.17, 15) is 14.4 Å². The third kappa shape index (κ3) is 2.72. The molecular weight excluding hydrogens is 358 g/mol. The first kappa shape index (κ1) is 16.6. The molecule has 0 spiro atoms. The lowest BCUT2D eigenvalue weighted by molar-refractivity contribution is -0.122. The zero-order chi connectivity index (χ0) is 18.3. The minimum Gasteiger partial charge on any atom is -0.457 e. The maximum atomic E-state index is 12.8. The molecule has 4 rings (SSSR count). The first-order valence-corrected chi connectivity index (χ1v) is 8.52. The highest BCUT2D eigenvalue weighted by Crippen LogP contribution is 2.41. The quantitative estimate of drug-likeness (QED) is 0.356. The molecule has 2 unspecified atom stereocenters. The molecule has 2 aliphatic rings. The summed E-state index contributed by atoms with van der Waals surface area (Å²) in [5, 5.41) is 0.325. The van der Waals surface area contributed by atoms with Crippen molar-refractivity contribution in [2.24, 2.45) is 11.8 Å². The first-order chi connectivity index (χ1) is 12.6. The molecule has 2 atom stereocenters. The average molecular weight is 372 g/mol. The number of carbonyl (C=O) groups excluding carboxylic acids is 3. The number of imide groups is 1. The third-order valence-electron chi connectivity index (χ3n) is 4.59. The van der Waals surface area contributed by atoms with Gasteiger partial charge >= 0.3 is 5.97 Å². The summed E-state index contributed by atoms with van der Waals surface area (Å²) in [5.74, 6) is -2.02. The van der Waals surface area contributed by atoms with Crippen molar-refractivity contribution in [3.05, 3.63) is 59.5 Å². The van der Waals surface area contributed by atoms with Crippen LogP contribution in [0.5, 0.6) is 5.75 Å². The van der Waals surface area contributed by atoms with Crippen LogP contribution in [0.3, 0.4) is 0 Å². The van der Waals surface area contributed by atoms with Crippen LogP contribution in [-0.2, 0) is 9.59 Å².